The summed E-state index contributed by atoms with van der Waals surface area (Å²) in [4.78, 5) is 4.67. The molecule has 0 fully saturated rings. The predicted octanol–water partition coefficient (Wildman–Crippen LogP) is 2.28. The molecule has 30 heavy (non-hydrogen) atoms. The monoisotopic (exact) mass is 532 g/mol. The van der Waals surface area contributed by atoms with Gasteiger partial charge in [0.25, 0.3) is 0 Å². The third-order valence-electron chi connectivity index (χ3n) is 4.44. The molecule has 2 aromatic rings. The van der Waals surface area contributed by atoms with Crippen molar-refractivity contribution in [1.82, 2.24) is 25.4 Å². The number of ether oxygens (including phenoxy) is 3. The first-order valence-electron chi connectivity index (χ1n) is 9.85. The second-order valence-corrected chi connectivity index (χ2v) is 6.22. The van der Waals surface area contributed by atoms with Crippen molar-refractivity contribution in [3.05, 3.63) is 29.8 Å². The van der Waals surface area contributed by atoms with Crippen LogP contribution in [0.4, 0.5) is 0 Å². The molecule has 0 atom stereocenters. The van der Waals surface area contributed by atoms with E-state index in [2.05, 4.69) is 32.7 Å². The molecule has 168 valence electrons. The zero-order chi connectivity index (χ0) is 21.1. The van der Waals surface area contributed by atoms with Gasteiger partial charge in [0.1, 0.15) is 12.2 Å². The number of hydrogen-bond donors (Lipinski definition) is 2. The molecule has 0 aliphatic carbocycles. The smallest absolute Gasteiger partial charge is 0.203 e. The van der Waals surface area contributed by atoms with Crippen molar-refractivity contribution in [3.63, 3.8) is 0 Å². The summed E-state index contributed by atoms with van der Waals surface area (Å²) in [5.41, 5.74) is 1.02. The van der Waals surface area contributed by atoms with E-state index in [0.717, 1.165) is 43.4 Å². The highest BCUT2D eigenvalue weighted by Crippen LogP contribution is 2.39. The molecule has 10 heteroatoms. The van der Waals surface area contributed by atoms with E-state index in [1.165, 1.54) is 0 Å². The third kappa shape index (κ3) is 6.92. The van der Waals surface area contributed by atoms with Crippen LogP contribution in [0.15, 0.2) is 23.5 Å². The van der Waals surface area contributed by atoms with Crippen molar-refractivity contribution in [2.75, 3.05) is 41.0 Å². The van der Waals surface area contributed by atoms with Gasteiger partial charge in [-0.05, 0) is 19.4 Å². The van der Waals surface area contributed by atoms with E-state index in [4.69, 9.17) is 14.2 Å². The lowest BCUT2D eigenvalue weighted by Gasteiger charge is -2.16. The van der Waals surface area contributed by atoms with E-state index in [-0.39, 0.29) is 24.0 Å². The maximum absolute atomic E-state index is 5.54. The molecule has 2 rings (SSSR count). The standard InChI is InChI=1S/C20H32N6O3.HI/c1-6-17-25-24-14-26(17)13-12-23-20(21-7-2)22-11-10-15-8-9-16(27-3)19(29-5)18(15)28-4;/h8-9,14H,6-7,10-13H2,1-5H3,(H2,21,22,23);1H. The third-order valence-corrected chi connectivity index (χ3v) is 4.44. The van der Waals surface area contributed by atoms with Crippen LogP contribution in [0, 0.1) is 0 Å². The second kappa shape index (κ2) is 13.9. The quantitative estimate of drug-likeness (QED) is 0.261. The zero-order valence-corrected chi connectivity index (χ0v) is 20.7. The van der Waals surface area contributed by atoms with Crippen LogP contribution in [0.1, 0.15) is 25.2 Å². The number of guanidine groups is 1. The Morgan fingerprint density at radius 1 is 1.07 bits per heavy atom. The van der Waals surface area contributed by atoms with E-state index in [1.807, 2.05) is 23.6 Å². The molecule has 0 amide bonds. The molecule has 0 aliphatic heterocycles. The van der Waals surface area contributed by atoms with Crippen LogP contribution < -0.4 is 24.8 Å². The van der Waals surface area contributed by atoms with Gasteiger partial charge in [0.15, 0.2) is 17.5 Å². The average molecular weight is 532 g/mol. The lowest BCUT2D eigenvalue weighted by atomic mass is 10.1. The first-order valence-corrected chi connectivity index (χ1v) is 9.85. The van der Waals surface area contributed by atoms with Gasteiger partial charge < -0.3 is 29.4 Å². The summed E-state index contributed by atoms with van der Waals surface area (Å²) in [6, 6.07) is 3.86. The van der Waals surface area contributed by atoms with Crippen molar-refractivity contribution in [3.8, 4) is 17.2 Å². The number of benzene rings is 1. The fourth-order valence-corrected chi connectivity index (χ4v) is 3.02. The minimum absolute atomic E-state index is 0. The summed E-state index contributed by atoms with van der Waals surface area (Å²) < 4.78 is 18.4. The molecule has 0 bridgehead atoms. The van der Waals surface area contributed by atoms with Gasteiger partial charge in [-0.15, -0.1) is 34.2 Å². The number of aryl methyl sites for hydroxylation is 1. The first-order chi connectivity index (χ1) is 14.2. The van der Waals surface area contributed by atoms with Crippen LogP contribution in [-0.4, -0.2) is 61.7 Å². The highest BCUT2D eigenvalue weighted by atomic mass is 127. The van der Waals surface area contributed by atoms with E-state index in [1.54, 1.807) is 27.7 Å². The summed E-state index contributed by atoms with van der Waals surface area (Å²) >= 11 is 0. The number of aromatic nitrogens is 3. The molecule has 2 N–H and O–H groups in total. The predicted molar refractivity (Wildman–Crippen MR) is 129 cm³/mol. The molecule has 1 aromatic carbocycles. The molecule has 0 unspecified atom stereocenters. The van der Waals surface area contributed by atoms with Gasteiger partial charge in [0, 0.05) is 38.2 Å². The molecule has 9 nitrogen and oxygen atoms in total. The van der Waals surface area contributed by atoms with Crippen LogP contribution >= 0.6 is 24.0 Å². The zero-order valence-electron chi connectivity index (χ0n) is 18.4. The summed E-state index contributed by atoms with van der Waals surface area (Å²) in [6.45, 7) is 7.03. The van der Waals surface area contributed by atoms with Crippen molar-refractivity contribution in [2.24, 2.45) is 4.99 Å². The van der Waals surface area contributed by atoms with E-state index in [0.29, 0.717) is 30.2 Å². The Morgan fingerprint density at radius 3 is 2.47 bits per heavy atom. The number of halogens is 1. The fourth-order valence-electron chi connectivity index (χ4n) is 3.02. The van der Waals surface area contributed by atoms with E-state index < -0.39 is 0 Å². The van der Waals surface area contributed by atoms with E-state index in [9.17, 15) is 0 Å². The van der Waals surface area contributed by atoms with Crippen molar-refractivity contribution in [1.29, 1.82) is 0 Å². The maximum Gasteiger partial charge on any atom is 0.203 e. The summed E-state index contributed by atoms with van der Waals surface area (Å²) in [6.07, 6.45) is 3.33. The van der Waals surface area contributed by atoms with Crippen LogP contribution in [0.25, 0.3) is 0 Å². The van der Waals surface area contributed by atoms with E-state index >= 15 is 0 Å². The van der Waals surface area contributed by atoms with Gasteiger partial charge in [-0.3, -0.25) is 4.99 Å². The average Bonchev–Trinajstić information content (AvgIpc) is 3.20. The van der Waals surface area contributed by atoms with Crippen LogP contribution in [0.5, 0.6) is 17.2 Å². The SMILES string of the molecule is CCNC(=NCCc1ccc(OC)c(OC)c1OC)NCCn1cnnc1CC.I. The Hall–Kier alpha value is -2.24. The molecule has 0 spiro atoms. The number of aliphatic imine (C=N–C) groups is 1. The maximum atomic E-state index is 5.54. The fraction of sp³-hybridized carbons (Fsp3) is 0.550. The van der Waals surface area contributed by atoms with Crippen LogP contribution in [-0.2, 0) is 19.4 Å². The highest BCUT2D eigenvalue weighted by molar-refractivity contribution is 14.0. The Morgan fingerprint density at radius 2 is 1.83 bits per heavy atom. The number of nitrogens with one attached hydrogen (secondary N) is 2. The molecule has 0 saturated heterocycles. The Labute approximate surface area is 195 Å². The molecule has 0 saturated carbocycles. The Kier molecular flexibility index (Phi) is 11.9. The normalized spacial score (nSPS) is 10.9. The number of nitrogens with zero attached hydrogens (tertiary/aromatic N) is 4. The Balaban J connectivity index is 0.00000450. The summed E-state index contributed by atoms with van der Waals surface area (Å²) in [5.74, 6) is 3.68. The minimum atomic E-state index is 0. The molecule has 0 aliphatic rings. The lowest BCUT2D eigenvalue weighted by Crippen LogP contribution is -2.39. The van der Waals surface area contributed by atoms with Gasteiger partial charge in [0.2, 0.25) is 5.75 Å². The largest absolute Gasteiger partial charge is 0.493 e. The topological polar surface area (TPSA) is 94.8 Å². The van der Waals surface area contributed by atoms with Crippen molar-refractivity contribution < 1.29 is 14.2 Å². The van der Waals surface area contributed by atoms with Gasteiger partial charge in [-0.2, -0.15) is 0 Å². The molecular formula is C20H33IN6O3. The van der Waals surface area contributed by atoms with Crippen LogP contribution in [0.3, 0.4) is 0 Å². The second-order valence-electron chi connectivity index (χ2n) is 6.22. The van der Waals surface area contributed by atoms with Crippen molar-refractivity contribution >= 4 is 29.9 Å². The number of methoxy groups -OCH3 is 3. The number of rotatable bonds is 11. The summed E-state index contributed by atoms with van der Waals surface area (Å²) in [5, 5.41) is 14.7. The molecule has 0 radical (unpaired) electrons. The van der Waals surface area contributed by atoms with Gasteiger partial charge >= 0.3 is 0 Å². The molecular weight excluding hydrogens is 499 g/mol. The number of hydrogen-bond acceptors (Lipinski definition) is 6. The molecule has 1 heterocycles. The Bertz CT molecular complexity index is 797. The summed E-state index contributed by atoms with van der Waals surface area (Å²) in [7, 11) is 4.85. The minimum Gasteiger partial charge on any atom is -0.493 e. The highest BCUT2D eigenvalue weighted by Gasteiger charge is 2.15. The molecule has 1 aromatic heterocycles. The first kappa shape index (κ1) is 25.8. The van der Waals surface area contributed by atoms with Crippen LogP contribution in [0.2, 0.25) is 0 Å². The van der Waals surface area contributed by atoms with Gasteiger partial charge in [-0.1, -0.05) is 13.0 Å². The lowest BCUT2D eigenvalue weighted by molar-refractivity contribution is 0.322. The van der Waals surface area contributed by atoms with Gasteiger partial charge in [-0.25, -0.2) is 0 Å². The van der Waals surface area contributed by atoms with Crippen molar-refractivity contribution in [2.45, 2.75) is 33.2 Å². The van der Waals surface area contributed by atoms with Gasteiger partial charge in [0.05, 0.1) is 21.3 Å².